The van der Waals surface area contributed by atoms with E-state index in [1.165, 1.54) is 0 Å². The van der Waals surface area contributed by atoms with Crippen molar-refractivity contribution in [2.24, 2.45) is 11.5 Å². The van der Waals surface area contributed by atoms with Crippen LogP contribution in [0, 0.1) is 23.7 Å². The van der Waals surface area contributed by atoms with E-state index in [0.717, 1.165) is 50.8 Å². The number of nitrogens with two attached hydrogens (primary N) is 2. The van der Waals surface area contributed by atoms with Crippen molar-refractivity contribution in [3.8, 4) is 23.7 Å². The van der Waals surface area contributed by atoms with Crippen molar-refractivity contribution in [1.29, 1.82) is 0 Å². The molecular formula is C29H36BBrN2. The van der Waals surface area contributed by atoms with E-state index in [4.69, 9.17) is 19.3 Å². The third-order valence-corrected chi connectivity index (χ3v) is 4.45. The number of hydrogen-bond acceptors (Lipinski definition) is 2. The highest BCUT2D eigenvalue weighted by atomic mass is 79.9. The lowest BCUT2D eigenvalue weighted by Gasteiger charge is -2.03. The Hall–Kier alpha value is -2.50. The van der Waals surface area contributed by atoms with Crippen LogP contribution in [0.3, 0.4) is 0 Å². The summed E-state index contributed by atoms with van der Waals surface area (Å²) in [5, 5.41) is 0. The van der Waals surface area contributed by atoms with Crippen LogP contribution in [0.2, 0.25) is 5.82 Å². The molecule has 0 fully saturated rings. The standard InChI is InChI=1S/C29H36BBrN2/c1-22(10-12-24(3)18-28(15-17-33)21-27(6)30)8-7-9-23(2)11-13-25(4)19-29(31)20-26(5)14-16-32/h7-9,18-21,27H,2,5,14-17,32-33H2,1,3-4,6H3/b9-7-,22-8+,24-18+,25-19+,28-21-,29-20+. The van der Waals surface area contributed by atoms with Gasteiger partial charge in [0.1, 0.15) is 0 Å². The van der Waals surface area contributed by atoms with Gasteiger partial charge < -0.3 is 11.5 Å². The van der Waals surface area contributed by atoms with Crippen LogP contribution in [0.5, 0.6) is 0 Å². The van der Waals surface area contributed by atoms with Crippen molar-refractivity contribution in [3.63, 3.8) is 0 Å². The van der Waals surface area contributed by atoms with Gasteiger partial charge in [-0.15, -0.1) is 0 Å². The second-order valence-electron chi connectivity index (χ2n) is 7.75. The Morgan fingerprint density at radius 3 is 2.09 bits per heavy atom. The molecule has 0 aromatic rings. The van der Waals surface area contributed by atoms with E-state index in [2.05, 4.69) is 52.8 Å². The molecule has 0 rings (SSSR count). The molecule has 4 N–H and O–H groups in total. The van der Waals surface area contributed by atoms with Crippen molar-refractivity contribution >= 4 is 23.8 Å². The highest BCUT2D eigenvalue weighted by molar-refractivity contribution is 9.11. The molecule has 0 saturated carbocycles. The van der Waals surface area contributed by atoms with Gasteiger partial charge in [-0.05, 0) is 82.2 Å². The Bertz CT molecular complexity index is 994. The molecule has 0 aliphatic rings. The molecule has 0 amide bonds. The summed E-state index contributed by atoms with van der Waals surface area (Å²) in [5.74, 6) is 12.5. The van der Waals surface area contributed by atoms with E-state index in [-0.39, 0.29) is 5.82 Å². The van der Waals surface area contributed by atoms with Crippen LogP contribution in [0.1, 0.15) is 40.5 Å². The first kappa shape index (κ1) is 30.5. The van der Waals surface area contributed by atoms with Gasteiger partial charge in [-0.25, -0.2) is 0 Å². The minimum atomic E-state index is -0.00914. The van der Waals surface area contributed by atoms with Crippen molar-refractivity contribution in [2.45, 2.75) is 46.4 Å². The fourth-order valence-electron chi connectivity index (χ4n) is 2.53. The number of hydrogen-bond donors (Lipinski definition) is 2. The first-order valence-corrected chi connectivity index (χ1v) is 11.7. The SMILES string of the molecule is [B]C(C)/C=C(\C=C(/C)C#C/C(C)=C/C=C\C(=C)C#C/C(C)=C/C(Br)=C\C(=C)CCN)CCN. The molecule has 0 aliphatic carbocycles. The molecule has 0 bridgehead atoms. The third-order valence-electron chi connectivity index (χ3n) is 3.99. The van der Waals surface area contributed by atoms with E-state index >= 15 is 0 Å². The molecule has 2 nitrogen and oxygen atoms in total. The van der Waals surface area contributed by atoms with Crippen LogP contribution in [-0.4, -0.2) is 20.9 Å². The van der Waals surface area contributed by atoms with Gasteiger partial charge in [0.05, 0.1) is 7.85 Å². The maximum absolute atomic E-state index is 5.86. The van der Waals surface area contributed by atoms with E-state index in [1.54, 1.807) is 0 Å². The molecule has 172 valence electrons. The second kappa shape index (κ2) is 18.0. The quantitative estimate of drug-likeness (QED) is 0.207. The summed E-state index contributed by atoms with van der Waals surface area (Å²) in [7, 11) is 5.86. The minimum Gasteiger partial charge on any atom is -0.330 e. The van der Waals surface area contributed by atoms with Crippen LogP contribution in [0.15, 0.2) is 93.6 Å². The Morgan fingerprint density at radius 2 is 1.48 bits per heavy atom. The van der Waals surface area contributed by atoms with E-state index in [1.807, 2.05) is 70.2 Å². The van der Waals surface area contributed by atoms with Gasteiger partial charge in [0.2, 0.25) is 0 Å². The monoisotopic (exact) mass is 502 g/mol. The van der Waals surface area contributed by atoms with Crippen molar-refractivity contribution < 1.29 is 0 Å². The smallest absolute Gasteiger partial charge is 0.0751 e. The average Bonchev–Trinajstić information content (AvgIpc) is 2.70. The maximum Gasteiger partial charge on any atom is 0.0751 e. The molecule has 2 radical (unpaired) electrons. The summed E-state index contributed by atoms with van der Waals surface area (Å²) < 4.78 is 0.915. The Labute approximate surface area is 211 Å². The maximum atomic E-state index is 5.86. The van der Waals surface area contributed by atoms with Gasteiger partial charge in [0.15, 0.2) is 0 Å². The molecule has 1 atom stereocenters. The summed E-state index contributed by atoms with van der Waals surface area (Å²) in [6.45, 7) is 16.9. The lowest BCUT2D eigenvalue weighted by molar-refractivity contribution is 0.960. The van der Waals surface area contributed by atoms with Crippen LogP contribution in [0.4, 0.5) is 0 Å². The Balaban J connectivity index is 5.09. The molecule has 0 saturated heterocycles. The van der Waals surface area contributed by atoms with E-state index in [9.17, 15) is 0 Å². The molecule has 0 spiro atoms. The van der Waals surface area contributed by atoms with Gasteiger partial charge in [-0.2, -0.15) is 0 Å². The van der Waals surface area contributed by atoms with Gasteiger partial charge in [0, 0.05) is 15.6 Å². The van der Waals surface area contributed by atoms with Crippen LogP contribution >= 0.6 is 15.9 Å². The summed E-state index contributed by atoms with van der Waals surface area (Å²) >= 11 is 3.51. The zero-order valence-corrected chi connectivity index (χ0v) is 22.1. The fourth-order valence-corrected chi connectivity index (χ4v) is 3.19. The highest BCUT2D eigenvalue weighted by Crippen LogP contribution is 2.14. The Morgan fingerprint density at radius 1 is 0.909 bits per heavy atom. The van der Waals surface area contributed by atoms with E-state index < -0.39 is 0 Å². The predicted molar refractivity (Wildman–Crippen MR) is 152 cm³/mol. The number of allylic oxidation sites excluding steroid dienone is 12. The summed E-state index contributed by atoms with van der Waals surface area (Å²) in [4.78, 5) is 0. The van der Waals surface area contributed by atoms with Crippen LogP contribution in [-0.2, 0) is 0 Å². The van der Waals surface area contributed by atoms with E-state index in [0.29, 0.717) is 13.1 Å². The lowest BCUT2D eigenvalue weighted by atomic mass is 9.87. The summed E-state index contributed by atoms with van der Waals surface area (Å²) in [5.41, 5.74) is 16.8. The molecule has 4 heteroatoms. The third kappa shape index (κ3) is 17.7. The van der Waals surface area contributed by atoms with Crippen LogP contribution < -0.4 is 11.5 Å². The zero-order valence-electron chi connectivity index (χ0n) is 20.5. The van der Waals surface area contributed by atoms with Gasteiger partial charge in [-0.3, -0.25) is 0 Å². The first-order chi connectivity index (χ1) is 15.6. The molecule has 1 unspecified atom stereocenters. The fraction of sp³-hybridized carbons (Fsp3) is 0.310. The molecule has 33 heavy (non-hydrogen) atoms. The van der Waals surface area contributed by atoms with Crippen molar-refractivity contribution in [3.05, 3.63) is 93.6 Å². The molecule has 0 aromatic heterocycles. The van der Waals surface area contributed by atoms with Gasteiger partial charge in [-0.1, -0.05) is 94.9 Å². The zero-order chi connectivity index (χ0) is 25.2. The minimum absolute atomic E-state index is 0.00914. The van der Waals surface area contributed by atoms with Crippen molar-refractivity contribution in [2.75, 3.05) is 13.1 Å². The normalized spacial score (nSPS) is 14.3. The second-order valence-corrected chi connectivity index (χ2v) is 8.67. The van der Waals surface area contributed by atoms with Crippen molar-refractivity contribution in [1.82, 2.24) is 0 Å². The first-order valence-electron chi connectivity index (χ1n) is 10.9. The average molecular weight is 503 g/mol. The predicted octanol–water partition coefficient (Wildman–Crippen LogP) is 6.38. The number of rotatable bonds is 10. The lowest BCUT2D eigenvalue weighted by Crippen LogP contribution is -2.00. The molecule has 0 heterocycles. The highest BCUT2D eigenvalue weighted by Gasteiger charge is 1.96. The van der Waals surface area contributed by atoms with Gasteiger partial charge in [0.25, 0.3) is 0 Å². The van der Waals surface area contributed by atoms with Crippen LogP contribution in [0.25, 0.3) is 0 Å². The molecular weight excluding hydrogens is 467 g/mol. The topological polar surface area (TPSA) is 52.0 Å². The largest absolute Gasteiger partial charge is 0.330 e. The molecule has 0 aliphatic heterocycles. The molecule has 0 aromatic carbocycles. The van der Waals surface area contributed by atoms with Gasteiger partial charge >= 0.3 is 0 Å². The Kier molecular flexibility index (Phi) is 16.6. The summed E-state index contributed by atoms with van der Waals surface area (Å²) in [6.07, 6.45) is 15.2. The summed E-state index contributed by atoms with van der Waals surface area (Å²) in [6, 6.07) is 0. The number of halogens is 1.